The first-order valence-electron chi connectivity index (χ1n) is 7.38. The monoisotopic (exact) mass is 261 g/mol. The molecule has 1 N–H and O–H groups in total. The Balaban J connectivity index is 2.02. The minimum atomic E-state index is 0.231. The Morgan fingerprint density at radius 3 is 2.74 bits per heavy atom. The third-order valence-corrected chi connectivity index (χ3v) is 3.98. The molecule has 106 valence electrons. The van der Waals surface area contributed by atoms with Gasteiger partial charge < -0.3 is 10.1 Å². The highest BCUT2D eigenvalue weighted by molar-refractivity contribution is 5.34. The molecule has 1 fully saturated rings. The summed E-state index contributed by atoms with van der Waals surface area (Å²) < 4.78 is 5.52. The Morgan fingerprint density at radius 1 is 1.32 bits per heavy atom. The third kappa shape index (κ3) is 4.05. The first-order chi connectivity index (χ1) is 8.97. The zero-order valence-electron chi connectivity index (χ0n) is 12.8. The van der Waals surface area contributed by atoms with Crippen molar-refractivity contribution in [2.45, 2.75) is 52.0 Å². The highest BCUT2D eigenvalue weighted by atomic mass is 16.5. The Kier molecular flexibility index (Phi) is 4.64. The number of benzene rings is 1. The summed E-state index contributed by atoms with van der Waals surface area (Å²) in [6.45, 7) is 11.7. The van der Waals surface area contributed by atoms with Crippen molar-refractivity contribution in [3.63, 3.8) is 0 Å². The molecule has 1 saturated heterocycles. The summed E-state index contributed by atoms with van der Waals surface area (Å²) in [5.41, 5.74) is 4.56. The van der Waals surface area contributed by atoms with Crippen molar-refractivity contribution in [2.75, 3.05) is 19.8 Å². The number of hydrogen-bond acceptors (Lipinski definition) is 2. The van der Waals surface area contributed by atoms with Crippen molar-refractivity contribution >= 4 is 0 Å². The lowest BCUT2D eigenvalue weighted by Crippen LogP contribution is -2.41. The summed E-state index contributed by atoms with van der Waals surface area (Å²) in [7, 11) is 0. The minimum Gasteiger partial charge on any atom is -0.379 e. The summed E-state index contributed by atoms with van der Waals surface area (Å²) >= 11 is 0. The van der Waals surface area contributed by atoms with Crippen LogP contribution in [0.25, 0.3) is 0 Å². The summed E-state index contributed by atoms with van der Waals surface area (Å²) in [6.07, 6.45) is 2.30. The highest BCUT2D eigenvalue weighted by Crippen LogP contribution is 2.25. The Labute approximate surface area is 117 Å². The van der Waals surface area contributed by atoms with Crippen LogP contribution in [-0.4, -0.2) is 25.8 Å². The van der Waals surface area contributed by atoms with E-state index < -0.39 is 0 Å². The van der Waals surface area contributed by atoms with Crippen LogP contribution in [0, 0.1) is 6.92 Å². The van der Waals surface area contributed by atoms with Crippen LogP contribution in [0.5, 0.6) is 0 Å². The van der Waals surface area contributed by atoms with Gasteiger partial charge in [-0.3, -0.25) is 0 Å². The molecule has 0 amide bonds. The second-order valence-corrected chi connectivity index (χ2v) is 6.66. The maximum atomic E-state index is 5.52. The fourth-order valence-corrected chi connectivity index (χ4v) is 2.54. The third-order valence-electron chi connectivity index (χ3n) is 3.98. The minimum absolute atomic E-state index is 0.231. The van der Waals surface area contributed by atoms with Crippen LogP contribution >= 0.6 is 0 Å². The number of nitrogens with one attached hydrogen (secondary N) is 1. The normalized spacial score (nSPS) is 20.5. The lowest BCUT2D eigenvalue weighted by molar-refractivity contribution is 0.0743. The van der Waals surface area contributed by atoms with Crippen LogP contribution < -0.4 is 5.32 Å². The van der Waals surface area contributed by atoms with Gasteiger partial charge in [0.15, 0.2) is 0 Å². The molecule has 1 unspecified atom stereocenters. The predicted octanol–water partition coefficient (Wildman–Crippen LogP) is 3.21. The molecule has 1 atom stereocenters. The molecule has 1 aromatic carbocycles. The van der Waals surface area contributed by atoms with E-state index in [2.05, 4.69) is 51.2 Å². The molecule has 0 aromatic heterocycles. The van der Waals surface area contributed by atoms with Gasteiger partial charge in [-0.1, -0.05) is 39.0 Å². The highest BCUT2D eigenvalue weighted by Gasteiger charge is 2.16. The van der Waals surface area contributed by atoms with Crippen LogP contribution in [0.4, 0.5) is 0 Å². The molecule has 1 heterocycles. The summed E-state index contributed by atoms with van der Waals surface area (Å²) in [4.78, 5) is 0. The lowest BCUT2D eigenvalue weighted by Gasteiger charge is -2.25. The van der Waals surface area contributed by atoms with Crippen LogP contribution in [0.1, 0.15) is 43.9 Å². The molecule has 1 aromatic rings. The topological polar surface area (TPSA) is 21.3 Å². The van der Waals surface area contributed by atoms with Crippen molar-refractivity contribution in [3.05, 3.63) is 34.9 Å². The van der Waals surface area contributed by atoms with Crippen LogP contribution in [-0.2, 0) is 16.6 Å². The van der Waals surface area contributed by atoms with Crippen molar-refractivity contribution in [3.8, 4) is 0 Å². The van der Waals surface area contributed by atoms with Gasteiger partial charge in [0.1, 0.15) is 0 Å². The average Bonchev–Trinajstić information content (AvgIpc) is 2.37. The van der Waals surface area contributed by atoms with Gasteiger partial charge >= 0.3 is 0 Å². The van der Waals surface area contributed by atoms with E-state index in [0.29, 0.717) is 6.04 Å². The number of hydrogen-bond donors (Lipinski definition) is 1. The van der Waals surface area contributed by atoms with Crippen LogP contribution in [0.15, 0.2) is 18.2 Å². The van der Waals surface area contributed by atoms with Gasteiger partial charge in [0.25, 0.3) is 0 Å². The Morgan fingerprint density at radius 2 is 2.11 bits per heavy atom. The second-order valence-electron chi connectivity index (χ2n) is 6.66. The van der Waals surface area contributed by atoms with E-state index in [4.69, 9.17) is 4.74 Å². The molecular formula is C17H27NO. The number of rotatable bonds is 3. The van der Waals surface area contributed by atoms with Gasteiger partial charge in [-0.2, -0.15) is 0 Å². The van der Waals surface area contributed by atoms with Gasteiger partial charge in [0.2, 0.25) is 0 Å². The maximum Gasteiger partial charge on any atom is 0.0620 e. The molecule has 0 spiro atoms. The predicted molar refractivity (Wildman–Crippen MR) is 80.8 cm³/mol. The molecule has 1 aliphatic heterocycles. The second kappa shape index (κ2) is 6.06. The molecular weight excluding hydrogens is 234 g/mol. The molecule has 0 bridgehead atoms. The Hall–Kier alpha value is -0.860. The van der Waals surface area contributed by atoms with E-state index in [1.165, 1.54) is 16.7 Å². The van der Waals surface area contributed by atoms with Gasteiger partial charge in [-0.25, -0.2) is 0 Å². The van der Waals surface area contributed by atoms with Crippen LogP contribution in [0.3, 0.4) is 0 Å². The number of morpholine rings is 1. The van der Waals surface area contributed by atoms with E-state index in [0.717, 1.165) is 32.6 Å². The molecule has 0 radical (unpaired) electrons. The van der Waals surface area contributed by atoms with E-state index in [9.17, 15) is 0 Å². The zero-order chi connectivity index (χ0) is 13.9. The van der Waals surface area contributed by atoms with Gasteiger partial charge in [-0.15, -0.1) is 0 Å². The number of ether oxygens (including phenoxy) is 1. The molecule has 0 aliphatic carbocycles. The molecule has 2 heteroatoms. The first kappa shape index (κ1) is 14.5. The Bertz CT molecular complexity index is 414. The van der Waals surface area contributed by atoms with Crippen molar-refractivity contribution in [2.24, 2.45) is 0 Å². The number of aryl methyl sites for hydroxylation is 2. The van der Waals surface area contributed by atoms with E-state index in [1.54, 1.807) is 0 Å². The van der Waals surface area contributed by atoms with Crippen molar-refractivity contribution in [1.82, 2.24) is 5.32 Å². The van der Waals surface area contributed by atoms with Crippen molar-refractivity contribution in [1.29, 1.82) is 0 Å². The quantitative estimate of drug-likeness (QED) is 0.902. The fraction of sp³-hybridized carbons (Fsp3) is 0.647. The van der Waals surface area contributed by atoms with E-state index in [-0.39, 0.29) is 5.41 Å². The summed E-state index contributed by atoms with van der Waals surface area (Å²) in [6, 6.07) is 7.44. The van der Waals surface area contributed by atoms with Crippen molar-refractivity contribution < 1.29 is 4.74 Å². The van der Waals surface area contributed by atoms with E-state index >= 15 is 0 Å². The standard InChI is InChI=1S/C17H27NO/c1-13-5-7-15(17(2,3)4)11-14(13)6-8-16-12-19-10-9-18-16/h5,7,11,16,18H,6,8-10,12H2,1-4H3. The lowest BCUT2D eigenvalue weighted by atomic mass is 9.84. The smallest absolute Gasteiger partial charge is 0.0620 e. The largest absolute Gasteiger partial charge is 0.379 e. The summed E-state index contributed by atoms with van der Waals surface area (Å²) in [5, 5.41) is 3.53. The SMILES string of the molecule is Cc1ccc(C(C)(C)C)cc1CCC1COCCN1. The van der Waals surface area contributed by atoms with Crippen LogP contribution in [0.2, 0.25) is 0 Å². The summed E-state index contributed by atoms with van der Waals surface area (Å²) in [5.74, 6) is 0. The molecule has 2 nitrogen and oxygen atoms in total. The first-order valence-corrected chi connectivity index (χ1v) is 7.38. The zero-order valence-corrected chi connectivity index (χ0v) is 12.8. The van der Waals surface area contributed by atoms with Gasteiger partial charge in [0, 0.05) is 12.6 Å². The average molecular weight is 261 g/mol. The molecule has 1 aliphatic rings. The molecule has 2 rings (SSSR count). The maximum absolute atomic E-state index is 5.52. The fourth-order valence-electron chi connectivity index (χ4n) is 2.54. The molecule has 19 heavy (non-hydrogen) atoms. The van der Waals surface area contributed by atoms with Gasteiger partial charge in [-0.05, 0) is 41.9 Å². The van der Waals surface area contributed by atoms with Gasteiger partial charge in [0.05, 0.1) is 13.2 Å². The molecule has 0 saturated carbocycles. The van der Waals surface area contributed by atoms with E-state index in [1.807, 2.05) is 0 Å².